The first-order chi connectivity index (χ1) is 16.7. The van der Waals surface area contributed by atoms with Gasteiger partial charge in [-0.05, 0) is 72.0 Å². The van der Waals surface area contributed by atoms with Crippen LogP contribution in [0, 0.1) is 17.5 Å². The van der Waals surface area contributed by atoms with Crippen molar-refractivity contribution in [3.8, 4) is 11.3 Å². The number of hydrogen-bond donors (Lipinski definition) is 0. The molecule has 4 rings (SSSR count). The maximum absolute atomic E-state index is 15.1. The molecular weight excluding hydrogens is 464 g/mol. The molecule has 3 aromatic carbocycles. The van der Waals surface area contributed by atoms with Gasteiger partial charge >= 0.3 is 6.18 Å². The van der Waals surface area contributed by atoms with Gasteiger partial charge in [-0.15, -0.1) is 0 Å². The summed E-state index contributed by atoms with van der Waals surface area (Å²) in [7, 11) is 0. The molecule has 0 atom stereocenters. The fraction of sp³-hybridized carbons (Fsp3) is 0.250. The summed E-state index contributed by atoms with van der Waals surface area (Å²) in [5.41, 5.74) is 1.21. The lowest BCUT2D eigenvalue weighted by Crippen LogP contribution is -2.12. The Morgan fingerprint density at radius 3 is 2.14 bits per heavy atom. The lowest BCUT2D eigenvalue weighted by Gasteiger charge is -2.12. The molecule has 0 saturated heterocycles. The lowest BCUT2D eigenvalue weighted by atomic mass is 9.97. The minimum Gasteiger partial charge on any atom is -0.256 e. The van der Waals surface area contributed by atoms with E-state index in [0.717, 1.165) is 30.5 Å². The zero-order valence-electron chi connectivity index (χ0n) is 19.0. The molecule has 35 heavy (non-hydrogen) atoms. The van der Waals surface area contributed by atoms with Crippen LogP contribution >= 0.6 is 0 Å². The number of rotatable bonds is 7. The van der Waals surface area contributed by atoms with E-state index in [1.54, 1.807) is 24.3 Å². The Labute approximate surface area is 199 Å². The number of fused-ring (bicyclic) bond motifs is 1. The molecule has 0 aliphatic carbocycles. The van der Waals surface area contributed by atoms with Crippen molar-refractivity contribution in [1.29, 1.82) is 0 Å². The summed E-state index contributed by atoms with van der Waals surface area (Å²) in [4.78, 5) is 4.52. The van der Waals surface area contributed by atoms with Crippen LogP contribution in [0.2, 0.25) is 0 Å². The molecule has 0 saturated carbocycles. The number of aryl methyl sites for hydroxylation is 3. The molecule has 7 heteroatoms. The number of pyridine rings is 1. The van der Waals surface area contributed by atoms with E-state index in [2.05, 4.69) is 11.9 Å². The van der Waals surface area contributed by atoms with Gasteiger partial charge in [-0.25, -0.2) is 13.2 Å². The summed E-state index contributed by atoms with van der Waals surface area (Å²) < 4.78 is 81.1. The van der Waals surface area contributed by atoms with Gasteiger partial charge in [0.25, 0.3) is 0 Å². The zero-order chi connectivity index (χ0) is 25.2. The van der Waals surface area contributed by atoms with E-state index in [-0.39, 0.29) is 18.4 Å². The number of halogens is 6. The van der Waals surface area contributed by atoms with Gasteiger partial charge in [-0.1, -0.05) is 43.7 Å². The SMILES string of the molecule is CCCCc1ccc(-c2ccc3c(F)c(CCc4cc(F)c(C(F)(F)F)c(F)c4)ccc3c2)nc1. The van der Waals surface area contributed by atoms with Crippen LogP contribution in [0.25, 0.3) is 22.0 Å². The predicted molar refractivity (Wildman–Crippen MR) is 125 cm³/mol. The Balaban J connectivity index is 1.53. The summed E-state index contributed by atoms with van der Waals surface area (Å²) in [5.74, 6) is -3.82. The lowest BCUT2D eigenvalue weighted by molar-refractivity contribution is -0.142. The van der Waals surface area contributed by atoms with E-state index < -0.39 is 29.2 Å². The normalized spacial score (nSPS) is 11.9. The Kier molecular flexibility index (Phi) is 7.15. The molecule has 0 bridgehead atoms. The number of hydrogen-bond acceptors (Lipinski definition) is 1. The van der Waals surface area contributed by atoms with Crippen LogP contribution in [-0.4, -0.2) is 4.98 Å². The molecular formula is C28H23F6N. The Hall–Kier alpha value is -3.35. The fourth-order valence-corrected chi connectivity index (χ4v) is 4.13. The van der Waals surface area contributed by atoms with Crippen LogP contribution in [0.4, 0.5) is 26.3 Å². The maximum Gasteiger partial charge on any atom is 0.422 e. The largest absolute Gasteiger partial charge is 0.422 e. The topological polar surface area (TPSA) is 12.9 Å². The van der Waals surface area contributed by atoms with Crippen LogP contribution in [0.15, 0.2) is 60.8 Å². The number of benzene rings is 3. The van der Waals surface area contributed by atoms with Gasteiger partial charge < -0.3 is 0 Å². The van der Waals surface area contributed by atoms with Crippen LogP contribution in [-0.2, 0) is 25.4 Å². The quantitative estimate of drug-likeness (QED) is 0.238. The van der Waals surface area contributed by atoms with Crippen molar-refractivity contribution in [2.24, 2.45) is 0 Å². The molecule has 0 unspecified atom stereocenters. The van der Waals surface area contributed by atoms with Crippen molar-refractivity contribution in [2.45, 2.75) is 45.2 Å². The molecule has 182 valence electrons. The smallest absolute Gasteiger partial charge is 0.256 e. The standard InChI is InChI=1S/C28H23F6N/c1-2-3-4-17-6-12-25(35-16-17)21-10-11-22-20(15-21)9-8-19(27(22)31)7-5-18-13-23(29)26(24(30)14-18)28(32,33)34/h6,8-16H,2-5,7H2,1H3. The van der Waals surface area contributed by atoms with Gasteiger partial charge in [-0.3, -0.25) is 4.98 Å². The maximum atomic E-state index is 15.1. The number of alkyl halides is 3. The first kappa shape index (κ1) is 24.8. The number of unbranched alkanes of at least 4 members (excludes halogenated alkanes) is 1. The van der Waals surface area contributed by atoms with Crippen LogP contribution in [0.3, 0.4) is 0 Å². The summed E-state index contributed by atoms with van der Waals surface area (Å²) in [5, 5.41) is 1.06. The van der Waals surface area contributed by atoms with Gasteiger partial charge in [0, 0.05) is 17.1 Å². The molecule has 0 radical (unpaired) electrons. The molecule has 1 heterocycles. The molecule has 0 spiro atoms. The predicted octanol–water partition coefficient (Wildman–Crippen LogP) is 8.47. The molecule has 0 N–H and O–H groups in total. The minimum absolute atomic E-state index is 0.0131. The molecule has 0 fully saturated rings. The average molecular weight is 487 g/mol. The third kappa shape index (κ3) is 5.50. The highest BCUT2D eigenvalue weighted by Crippen LogP contribution is 2.34. The molecule has 0 aliphatic rings. The Morgan fingerprint density at radius 1 is 0.771 bits per heavy atom. The summed E-state index contributed by atoms with van der Waals surface area (Å²) >= 11 is 0. The molecule has 0 aliphatic heterocycles. The molecule has 0 amide bonds. The van der Waals surface area contributed by atoms with Crippen LogP contribution < -0.4 is 0 Å². The monoisotopic (exact) mass is 487 g/mol. The molecule has 4 aromatic rings. The minimum atomic E-state index is -5.12. The van der Waals surface area contributed by atoms with Crippen molar-refractivity contribution < 1.29 is 26.3 Å². The van der Waals surface area contributed by atoms with Gasteiger partial charge in [0.05, 0.1) is 5.69 Å². The third-order valence-electron chi connectivity index (χ3n) is 6.04. The second-order valence-electron chi connectivity index (χ2n) is 8.56. The van der Waals surface area contributed by atoms with Gasteiger partial charge in [0.2, 0.25) is 0 Å². The highest BCUT2D eigenvalue weighted by atomic mass is 19.4. The molecule has 1 aromatic heterocycles. The highest BCUT2D eigenvalue weighted by Gasteiger charge is 2.37. The highest BCUT2D eigenvalue weighted by molar-refractivity contribution is 5.88. The van der Waals surface area contributed by atoms with Gasteiger partial charge in [0.15, 0.2) is 0 Å². The van der Waals surface area contributed by atoms with E-state index in [9.17, 15) is 22.0 Å². The van der Waals surface area contributed by atoms with Crippen molar-refractivity contribution in [1.82, 2.24) is 4.98 Å². The van der Waals surface area contributed by atoms with Crippen LogP contribution in [0.1, 0.15) is 42.0 Å². The van der Waals surface area contributed by atoms with E-state index >= 15 is 4.39 Å². The summed E-state index contributed by atoms with van der Waals surface area (Å²) in [6, 6.07) is 13.9. The Morgan fingerprint density at radius 2 is 1.51 bits per heavy atom. The summed E-state index contributed by atoms with van der Waals surface area (Å²) in [6.45, 7) is 2.13. The van der Waals surface area contributed by atoms with Gasteiger partial charge in [-0.2, -0.15) is 13.2 Å². The van der Waals surface area contributed by atoms with Crippen LogP contribution in [0.5, 0.6) is 0 Å². The van der Waals surface area contributed by atoms with E-state index in [1.165, 1.54) is 5.56 Å². The Bertz CT molecular complexity index is 1320. The second-order valence-corrected chi connectivity index (χ2v) is 8.56. The number of nitrogens with zero attached hydrogens (tertiary/aromatic N) is 1. The third-order valence-corrected chi connectivity index (χ3v) is 6.04. The summed E-state index contributed by atoms with van der Waals surface area (Å²) in [6.07, 6.45) is -0.0234. The van der Waals surface area contributed by atoms with Crippen molar-refractivity contribution in [3.05, 3.63) is 100 Å². The average Bonchev–Trinajstić information content (AvgIpc) is 2.81. The zero-order valence-corrected chi connectivity index (χ0v) is 19.0. The van der Waals surface area contributed by atoms with Gasteiger partial charge in [0.1, 0.15) is 23.0 Å². The van der Waals surface area contributed by atoms with E-state index in [1.807, 2.05) is 24.4 Å². The first-order valence-electron chi connectivity index (χ1n) is 11.4. The second kappa shape index (κ2) is 10.1. The van der Waals surface area contributed by atoms with Crippen molar-refractivity contribution in [3.63, 3.8) is 0 Å². The number of aromatic nitrogens is 1. The van der Waals surface area contributed by atoms with Crippen molar-refractivity contribution >= 4 is 10.8 Å². The first-order valence-corrected chi connectivity index (χ1v) is 11.4. The van der Waals surface area contributed by atoms with E-state index in [4.69, 9.17) is 0 Å². The molecule has 1 nitrogen and oxygen atoms in total. The fourth-order valence-electron chi connectivity index (χ4n) is 4.13. The van der Waals surface area contributed by atoms with Crippen molar-refractivity contribution in [2.75, 3.05) is 0 Å². The van der Waals surface area contributed by atoms with E-state index in [0.29, 0.717) is 28.5 Å².